The lowest BCUT2D eigenvalue weighted by atomic mass is 9.70. The van der Waals surface area contributed by atoms with Gasteiger partial charge in [0.2, 0.25) is 5.91 Å². The van der Waals surface area contributed by atoms with Crippen LogP contribution in [-0.2, 0) is 27.4 Å². The Bertz CT molecular complexity index is 821. The highest BCUT2D eigenvalue weighted by Crippen LogP contribution is 2.42. The van der Waals surface area contributed by atoms with Crippen molar-refractivity contribution in [1.29, 1.82) is 0 Å². The number of allylic oxidation sites excluding steroid dienone is 2. The number of nitrogens with two attached hydrogens (primary N) is 1. The molecular formula is C17H13F6NO3. The first-order valence-electron chi connectivity index (χ1n) is 7.39. The lowest BCUT2D eigenvalue weighted by Gasteiger charge is -2.35. The number of halogens is 6. The molecule has 0 spiro atoms. The molecule has 27 heavy (non-hydrogen) atoms. The van der Waals surface area contributed by atoms with Gasteiger partial charge in [0.05, 0.1) is 17.2 Å². The molecule has 0 fully saturated rings. The lowest BCUT2D eigenvalue weighted by molar-refractivity contribution is -0.143. The van der Waals surface area contributed by atoms with Crippen molar-refractivity contribution in [3.05, 3.63) is 58.7 Å². The fourth-order valence-electron chi connectivity index (χ4n) is 2.75. The third kappa shape index (κ3) is 3.75. The van der Waals surface area contributed by atoms with Crippen LogP contribution in [0.15, 0.2) is 42.0 Å². The number of carbonyl (C=O) groups excluding carboxylic acids is 2. The zero-order valence-electron chi connectivity index (χ0n) is 13.7. The van der Waals surface area contributed by atoms with Gasteiger partial charge in [0, 0.05) is 5.57 Å². The van der Waals surface area contributed by atoms with Crippen LogP contribution < -0.4 is 5.73 Å². The molecule has 1 aliphatic rings. The Hall–Kier alpha value is -2.62. The Morgan fingerprint density at radius 1 is 1.04 bits per heavy atom. The average molecular weight is 393 g/mol. The van der Waals surface area contributed by atoms with Crippen molar-refractivity contribution in [2.45, 2.75) is 30.8 Å². The van der Waals surface area contributed by atoms with E-state index in [2.05, 4.69) is 0 Å². The largest absolute Gasteiger partial charge is 0.416 e. The first-order chi connectivity index (χ1) is 12.2. The number of hydrogen-bond donors (Lipinski definition) is 2. The maximum absolute atomic E-state index is 13.1. The van der Waals surface area contributed by atoms with Crippen LogP contribution in [0.25, 0.3) is 0 Å². The zero-order valence-corrected chi connectivity index (χ0v) is 13.7. The van der Waals surface area contributed by atoms with Gasteiger partial charge in [0.15, 0.2) is 5.78 Å². The van der Waals surface area contributed by atoms with Crippen LogP contribution in [0.1, 0.15) is 23.6 Å². The van der Waals surface area contributed by atoms with E-state index in [0.717, 1.165) is 25.2 Å². The Morgan fingerprint density at radius 3 is 1.89 bits per heavy atom. The molecule has 1 aromatic rings. The Kier molecular flexibility index (Phi) is 5.00. The fraction of sp³-hybridized carbons (Fsp3) is 0.294. The van der Waals surface area contributed by atoms with Crippen LogP contribution in [0, 0.1) is 0 Å². The predicted molar refractivity (Wildman–Crippen MR) is 81.2 cm³/mol. The van der Waals surface area contributed by atoms with E-state index in [1.165, 1.54) is 0 Å². The molecule has 0 saturated heterocycles. The van der Waals surface area contributed by atoms with Gasteiger partial charge in [-0.3, -0.25) is 9.59 Å². The molecule has 0 aromatic heterocycles. The van der Waals surface area contributed by atoms with Gasteiger partial charge in [-0.15, -0.1) is 0 Å². The van der Waals surface area contributed by atoms with Crippen molar-refractivity contribution in [2.75, 3.05) is 0 Å². The standard InChI is InChI=1S/C17H13F6NO3/c1-8(25)9-2-3-13(26)15(7-9,14(24)27)10-4-11(16(18,19)20)6-12(5-10)17(21,22)23/h2-7,13,26H,1H3,(H2,24,27). The van der Waals surface area contributed by atoms with E-state index >= 15 is 0 Å². The molecule has 0 heterocycles. The summed E-state index contributed by atoms with van der Waals surface area (Å²) in [4.78, 5) is 23.7. The Balaban J connectivity index is 2.88. The van der Waals surface area contributed by atoms with Crippen LogP contribution in [-0.4, -0.2) is 22.9 Å². The molecule has 1 aromatic carbocycles. The highest BCUT2D eigenvalue weighted by atomic mass is 19.4. The molecule has 146 valence electrons. The molecule has 1 aliphatic carbocycles. The molecule has 2 unspecified atom stereocenters. The summed E-state index contributed by atoms with van der Waals surface area (Å²) >= 11 is 0. The second kappa shape index (κ2) is 6.52. The first kappa shape index (κ1) is 20.7. The highest BCUT2D eigenvalue weighted by Gasteiger charge is 2.47. The van der Waals surface area contributed by atoms with Gasteiger partial charge in [0.25, 0.3) is 0 Å². The summed E-state index contributed by atoms with van der Waals surface area (Å²) in [7, 11) is 0. The summed E-state index contributed by atoms with van der Waals surface area (Å²) in [6.45, 7) is 1.08. The topological polar surface area (TPSA) is 80.4 Å². The monoisotopic (exact) mass is 393 g/mol. The number of amides is 1. The number of primary amides is 1. The second-order valence-corrected chi connectivity index (χ2v) is 5.99. The third-order valence-corrected chi connectivity index (χ3v) is 4.19. The summed E-state index contributed by atoms with van der Waals surface area (Å²) in [5.74, 6) is -2.03. The Labute approximate surface area is 149 Å². The molecule has 4 nitrogen and oxygen atoms in total. The molecule has 3 N–H and O–H groups in total. The number of ketones is 1. The van der Waals surface area contributed by atoms with Gasteiger partial charge in [-0.2, -0.15) is 26.3 Å². The normalized spacial score (nSPS) is 23.1. The number of hydrogen-bond acceptors (Lipinski definition) is 3. The minimum Gasteiger partial charge on any atom is -0.387 e. The van der Waals surface area contributed by atoms with Crippen molar-refractivity contribution in [2.24, 2.45) is 5.73 Å². The molecule has 0 saturated carbocycles. The van der Waals surface area contributed by atoms with E-state index in [9.17, 15) is 41.0 Å². The minimum absolute atomic E-state index is 0.112. The van der Waals surface area contributed by atoms with Crippen LogP contribution >= 0.6 is 0 Å². The zero-order chi connectivity index (χ0) is 20.8. The predicted octanol–water partition coefficient (Wildman–Crippen LogP) is 2.89. The van der Waals surface area contributed by atoms with Crippen LogP contribution in [0.5, 0.6) is 0 Å². The van der Waals surface area contributed by atoms with Crippen molar-refractivity contribution >= 4 is 11.7 Å². The molecule has 0 aliphatic heterocycles. The van der Waals surface area contributed by atoms with Crippen LogP contribution in [0.2, 0.25) is 0 Å². The number of carbonyl (C=O) groups is 2. The fourth-order valence-corrected chi connectivity index (χ4v) is 2.75. The SMILES string of the molecule is CC(=O)C1=CC(C(N)=O)(c2cc(C(F)(F)F)cc(C(F)(F)F)c2)C(O)C=C1. The lowest BCUT2D eigenvalue weighted by Crippen LogP contribution is -2.50. The van der Waals surface area contributed by atoms with Gasteiger partial charge in [-0.25, -0.2) is 0 Å². The van der Waals surface area contributed by atoms with Gasteiger partial charge in [-0.1, -0.05) is 18.2 Å². The quantitative estimate of drug-likeness (QED) is 0.775. The third-order valence-electron chi connectivity index (χ3n) is 4.19. The molecule has 2 atom stereocenters. The summed E-state index contributed by atoms with van der Waals surface area (Å²) in [6, 6.07) is 0.492. The number of aliphatic hydroxyl groups is 1. The van der Waals surface area contributed by atoms with Gasteiger partial charge < -0.3 is 10.8 Å². The van der Waals surface area contributed by atoms with E-state index in [4.69, 9.17) is 5.73 Å². The van der Waals surface area contributed by atoms with E-state index in [-0.39, 0.29) is 11.6 Å². The molecule has 0 radical (unpaired) electrons. The number of aliphatic hydroxyl groups excluding tert-OH is 1. The number of alkyl halides is 6. The van der Waals surface area contributed by atoms with E-state index in [0.29, 0.717) is 12.1 Å². The Morgan fingerprint density at radius 2 is 1.52 bits per heavy atom. The maximum atomic E-state index is 13.1. The average Bonchev–Trinajstić information content (AvgIpc) is 2.52. The van der Waals surface area contributed by atoms with Crippen molar-refractivity contribution < 1.29 is 41.0 Å². The van der Waals surface area contributed by atoms with E-state index < -0.39 is 52.3 Å². The van der Waals surface area contributed by atoms with Crippen molar-refractivity contribution in [3.8, 4) is 0 Å². The van der Waals surface area contributed by atoms with E-state index in [1.54, 1.807) is 0 Å². The van der Waals surface area contributed by atoms with Gasteiger partial charge >= 0.3 is 12.4 Å². The van der Waals surface area contributed by atoms with Crippen molar-refractivity contribution in [1.82, 2.24) is 0 Å². The summed E-state index contributed by atoms with van der Waals surface area (Å²) in [6.07, 6.45) is -9.38. The number of rotatable bonds is 3. The summed E-state index contributed by atoms with van der Waals surface area (Å²) in [5, 5.41) is 10.2. The molecule has 2 rings (SSSR count). The van der Waals surface area contributed by atoms with E-state index in [1.807, 2.05) is 0 Å². The van der Waals surface area contributed by atoms with Crippen molar-refractivity contribution in [3.63, 3.8) is 0 Å². The maximum Gasteiger partial charge on any atom is 0.416 e. The molecular weight excluding hydrogens is 380 g/mol. The number of Topliss-reactive ketones (excluding diaryl/α,β-unsaturated/α-hetero) is 1. The molecule has 10 heteroatoms. The minimum atomic E-state index is -5.16. The van der Waals surface area contributed by atoms with Gasteiger partial charge in [0.1, 0.15) is 5.41 Å². The van der Waals surface area contributed by atoms with Crippen LogP contribution in [0.3, 0.4) is 0 Å². The summed E-state index contributed by atoms with van der Waals surface area (Å²) < 4.78 is 78.6. The molecule has 0 bridgehead atoms. The molecule has 1 amide bonds. The summed E-state index contributed by atoms with van der Waals surface area (Å²) in [5.41, 5.74) is -1.58. The second-order valence-electron chi connectivity index (χ2n) is 5.99. The first-order valence-corrected chi connectivity index (χ1v) is 7.39. The highest BCUT2D eigenvalue weighted by molar-refractivity contribution is 6.00. The smallest absolute Gasteiger partial charge is 0.387 e. The van der Waals surface area contributed by atoms with Crippen LogP contribution in [0.4, 0.5) is 26.3 Å². The van der Waals surface area contributed by atoms with Gasteiger partial charge in [-0.05, 0) is 30.7 Å². The number of benzene rings is 1.